The van der Waals surface area contributed by atoms with Gasteiger partial charge in [-0.05, 0) is 31.6 Å². The highest BCUT2D eigenvalue weighted by Crippen LogP contribution is 2.66. The second-order valence-corrected chi connectivity index (χ2v) is 11.0. The van der Waals surface area contributed by atoms with E-state index in [1.165, 1.54) is 19.3 Å². The van der Waals surface area contributed by atoms with Gasteiger partial charge in [-0.25, -0.2) is 0 Å². The van der Waals surface area contributed by atoms with Gasteiger partial charge in [-0.1, -0.05) is 63.5 Å². The Labute approximate surface area is 170 Å². The lowest BCUT2D eigenvalue weighted by atomic mass is 9.79. The van der Waals surface area contributed by atoms with E-state index in [2.05, 4.69) is 32.1 Å². The molecule has 1 fully saturated rings. The molecule has 0 spiro atoms. The molecule has 1 aliphatic heterocycles. The number of aliphatic hydroxyl groups is 1. The summed E-state index contributed by atoms with van der Waals surface area (Å²) in [5.74, 6) is 1.10. The first-order valence-electron chi connectivity index (χ1n) is 11.1. The minimum atomic E-state index is -3.03. The summed E-state index contributed by atoms with van der Waals surface area (Å²) in [4.78, 5) is 0. The second kappa shape index (κ2) is 10.4. The topological polar surface area (TPSA) is 55.8 Å². The van der Waals surface area contributed by atoms with Crippen LogP contribution in [-0.4, -0.2) is 36.7 Å². The Hall–Kier alpha value is -0.670. The lowest BCUT2D eigenvalue weighted by molar-refractivity contribution is 0.0250. The molecule has 6 atom stereocenters. The van der Waals surface area contributed by atoms with E-state index in [4.69, 9.17) is 9.26 Å². The summed E-state index contributed by atoms with van der Waals surface area (Å²) in [5.41, 5.74) is 0. The van der Waals surface area contributed by atoms with E-state index < -0.39 is 13.5 Å². The highest BCUT2D eigenvalue weighted by atomic mass is 31.2. The third-order valence-corrected chi connectivity index (χ3v) is 9.18. The van der Waals surface area contributed by atoms with Gasteiger partial charge in [-0.3, -0.25) is 4.57 Å². The maximum atomic E-state index is 13.8. The van der Waals surface area contributed by atoms with Crippen molar-refractivity contribution in [3.8, 4) is 0 Å². The molecule has 0 amide bonds. The van der Waals surface area contributed by atoms with Crippen molar-refractivity contribution in [2.75, 3.05) is 19.4 Å². The molecule has 2 aliphatic carbocycles. The quantitative estimate of drug-likeness (QED) is 0.373. The zero-order valence-electron chi connectivity index (χ0n) is 17.5. The lowest BCUT2D eigenvalue weighted by Crippen LogP contribution is -2.38. The number of ether oxygens (including phenoxy) is 1. The minimum Gasteiger partial charge on any atom is -0.390 e. The van der Waals surface area contributed by atoms with Crippen LogP contribution in [0.3, 0.4) is 0 Å². The molecule has 3 rings (SSSR count). The summed E-state index contributed by atoms with van der Waals surface area (Å²) in [7, 11) is -3.03. The van der Waals surface area contributed by atoms with Crippen LogP contribution in [0.2, 0.25) is 0 Å². The van der Waals surface area contributed by atoms with Crippen molar-refractivity contribution in [2.24, 2.45) is 17.8 Å². The third kappa shape index (κ3) is 5.27. The van der Waals surface area contributed by atoms with Gasteiger partial charge in [0.1, 0.15) is 0 Å². The van der Waals surface area contributed by atoms with Gasteiger partial charge in [-0.15, -0.1) is 0 Å². The standard InChI is InChI=1S/C23H37O4P/c1-3-5-10-18(4-2)15-26-16-19(24)17-28(25)23-14-9-7-12-21(23)20-11-6-8-13-22(20)27-28/h6-7,9,11,14,18-22,24H,3-5,8,10,12-13,15-17H2,1-2H3. The molecule has 0 aromatic carbocycles. The van der Waals surface area contributed by atoms with E-state index in [9.17, 15) is 9.67 Å². The third-order valence-electron chi connectivity index (χ3n) is 6.40. The molecule has 0 aromatic heterocycles. The van der Waals surface area contributed by atoms with Crippen molar-refractivity contribution >= 4 is 7.37 Å². The number of hydrogen-bond acceptors (Lipinski definition) is 4. The van der Waals surface area contributed by atoms with Crippen LogP contribution in [0, 0.1) is 17.8 Å². The summed E-state index contributed by atoms with van der Waals surface area (Å²) >= 11 is 0. The van der Waals surface area contributed by atoms with Crippen LogP contribution >= 0.6 is 7.37 Å². The molecular formula is C23H37O4P. The zero-order chi connectivity index (χ0) is 20.0. The maximum absolute atomic E-state index is 13.8. The molecule has 0 aromatic rings. The lowest BCUT2D eigenvalue weighted by Gasteiger charge is -2.45. The Balaban J connectivity index is 1.58. The van der Waals surface area contributed by atoms with Crippen LogP contribution < -0.4 is 0 Å². The minimum absolute atomic E-state index is 0.0103. The Bertz CT molecular complexity index is 639. The van der Waals surface area contributed by atoms with E-state index in [0.29, 0.717) is 18.4 Å². The van der Waals surface area contributed by atoms with Gasteiger partial charge in [0.25, 0.3) is 0 Å². The molecule has 158 valence electrons. The largest absolute Gasteiger partial charge is 0.390 e. The smallest absolute Gasteiger partial charge is 0.231 e. The molecule has 0 radical (unpaired) electrons. The summed E-state index contributed by atoms with van der Waals surface area (Å²) in [6.45, 7) is 5.29. The highest BCUT2D eigenvalue weighted by molar-refractivity contribution is 7.63. The highest BCUT2D eigenvalue weighted by Gasteiger charge is 2.48. The van der Waals surface area contributed by atoms with Crippen LogP contribution in [0.15, 0.2) is 35.7 Å². The number of fused-ring (bicyclic) bond motifs is 3. The second-order valence-electron chi connectivity index (χ2n) is 8.55. The Morgan fingerprint density at radius 3 is 2.96 bits per heavy atom. The molecule has 3 aliphatic rings. The molecule has 28 heavy (non-hydrogen) atoms. The summed E-state index contributed by atoms with van der Waals surface area (Å²) in [6, 6.07) is 0. The number of hydrogen-bond donors (Lipinski definition) is 1. The Kier molecular flexibility index (Phi) is 8.17. The number of rotatable bonds is 10. The fraction of sp³-hybridized carbons (Fsp3) is 0.739. The van der Waals surface area contributed by atoms with Crippen molar-refractivity contribution in [1.29, 1.82) is 0 Å². The number of aliphatic hydroxyl groups excluding tert-OH is 1. The first-order chi connectivity index (χ1) is 13.6. The average molecular weight is 409 g/mol. The van der Waals surface area contributed by atoms with Crippen LogP contribution in [0.25, 0.3) is 0 Å². The fourth-order valence-electron chi connectivity index (χ4n) is 4.73. The first-order valence-corrected chi connectivity index (χ1v) is 13.0. The fourth-order valence-corrected chi connectivity index (χ4v) is 7.59. The molecule has 0 saturated carbocycles. The molecule has 0 bridgehead atoms. The van der Waals surface area contributed by atoms with Gasteiger partial charge in [0.05, 0.1) is 25.0 Å². The molecule has 1 saturated heterocycles. The Morgan fingerprint density at radius 2 is 2.18 bits per heavy atom. The van der Waals surface area contributed by atoms with Crippen molar-refractivity contribution in [3.05, 3.63) is 35.7 Å². The van der Waals surface area contributed by atoms with Gasteiger partial charge in [-0.2, -0.15) is 0 Å². The summed E-state index contributed by atoms with van der Waals surface area (Å²) in [6.07, 6.45) is 17.5. The van der Waals surface area contributed by atoms with Crippen molar-refractivity contribution < 1.29 is 18.9 Å². The number of allylic oxidation sites excluding steroid dienone is 5. The monoisotopic (exact) mass is 408 g/mol. The van der Waals surface area contributed by atoms with Crippen molar-refractivity contribution in [3.63, 3.8) is 0 Å². The van der Waals surface area contributed by atoms with E-state index in [-0.39, 0.29) is 24.8 Å². The maximum Gasteiger partial charge on any atom is 0.231 e. The SMILES string of the molecule is CCCCC(CC)COCC(O)CP1(=O)OC2CCC=CC2C2CC=CC=C21. The molecule has 5 heteroatoms. The van der Waals surface area contributed by atoms with Gasteiger partial charge in [0, 0.05) is 23.8 Å². The molecule has 1 heterocycles. The predicted molar refractivity (Wildman–Crippen MR) is 115 cm³/mol. The van der Waals surface area contributed by atoms with Gasteiger partial charge in [0.15, 0.2) is 0 Å². The van der Waals surface area contributed by atoms with Crippen LogP contribution in [0.1, 0.15) is 58.8 Å². The number of unbranched alkanes of at least 4 members (excludes halogenated alkanes) is 1. The normalized spacial score (nSPS) is 33.7. The van der Waals surface area contributed by atoms with E-state index in [1.807, 2.05) is 12.2 Å². The average Bonchev–Trinajstić information content (AvgIpc) is 2.70. The van der Waals surface area contributed by atoms with Crippen LogP contribution in [0.5, 0.6) is 0 Å². The van der Waals surface area contributed by atoms with Crippen LogP contribution in [0.4, 0.5) is 0 Å². The predicted octanol–water partition coefficient (Wildman–Crippen LogP) is 5.68. The molecular weight excluding hydrogens is 371 g/mol. The van der Waals surface area contributed by atoms with Crippen LogP contribution in [-0.2, 0) is 13.8 Å². The Morgan fingerprint density at radius 1 is 1.32 bits per heavy atom. The molecule has 6 unspecified atom stereocenters. The first kappa shape index (κ1) is 22.0. The van der Waals surface area contributed by atoms with Gasteiger partial charge < -0.3 is 14.4 Å². The summed E-state index contributed by atoms with van der Waals surface area (Å²) in [5, 5.41) is 11.5. The molecule has 4 nitrogen and oxygen atoms in total. The summed E-state index contributed by atoms with van der Waals surface area (Å²) < 4.78 is 25.8. The van der Waals surface area contributed by atoms with Crippen molar-refractivity contribution in [1.82, 2.24) is 0 Å². The van der Waals surface area contributed by atoms with Gasteiger partial charge >= 0.3 is 0 Å². The van der Waals surface area contributed by atoms with E-state index >= 15 is 0 Å². The zero-order valence-corrected chi connectivity index (χ0v) is 18.4. The molecule has 1 N–H and O–H groups in total. The van der Waals surface area contributed by atoms with Crippen molar-refractivity contribution in [2.45, 2.75) is 71.0 Å². The van der Waals surface area contributed by atoms with E-state index in [0.717, 1.165) is 31.0 Å². The van der Waals surface area contributed by atoms with E-state index in [1.54, 1.807) is 0 Å². The van der Waals surface area contributed by atoms with Gasteiger partial charge in [0.2, 0.25) is 7.37 Å².